The van der Waals surface area contributed by atoms with Gasteiger partial charge in [-0.15, -0.1) is 0 Å². The van der Waals surface area contributed by atoms with Crippen LogP contribution in [0.1, 0.15) is 5.56 Å². The van der Waals surface area contributed by atoms with Gasteiger partial charge in [-0.05, 0) is 5.56 Å². The third-order valence-corrected chi connectivity index (χ3v) is 2.40. The first kappa shape index (κ1) is 12.7. The maximum atomic E-state index is 10.8. The maximum Gasteiger partial charge on any atom is 0.265 e. The molecule has 1 atom stereocenters. The van der Waals surface area contributed by atoms with Crippen LogP contribution in [0.4, 0.5) is 0 Å². The van der Waals surface area contributed by atoms with E-state index in [0.29, 0.717) is 5.56 Å². The van der Waals surface area contributed by atoms with Crippen LogP contribution in [0.25, 0.3) is 0 Å². The molecule has 0 radical (unpaired) electrons. The Morgan fingerprint density at radius 2 is 1.94 bits per heavy atom. The van der Waals surface area contributed by atoms with Crippen LogP contribution in [0.15, 0.2) is 30.3 Å². The van der Waals surface area contributed by atoms with Crippen LogP contribution < -0.4 is 5.11 Å². The average Bonchev–Trinajstić information content (AvgIpc) is 2.16. The Morgan fingerprint density at radius 3 is 2.38 bits per heavy atom. The van der Waals surface area contributed by atoms with E-state index in [9.17, 15) is 18.3 Å². The van der Waals surface area contributed by atoms with Gasteiger partial charge >= 0.3 is 0 Å². The van der Waals surface area contributed by atoms with Gasteiger partial charge < -0.3 is 9.90 Å². The molecule has 0 amide bonds. The van der Waals surface area contributed by atoms with Gasteiger partial charge in [-0.25, -0.2) is 0 Å². The Labute approximate surface area is 93.8 Å². The minimum Gasteiger partial charge on any atom is -0.547 e. The number of carbonyl (C=O) groups excluding carboxylic acids is 1. The van der Waals surface area contributed by atoms with Crippen molar-refractivity contribution >= 4 is 16.1 Å². The summed E-state index contributed by atoms with van der Waals surface area (Å²) in [5.74, 6) is -1.55. The number of hydrogen-bond donors (Lipinski definition) is 0. The van der Waals surface area contributed by atoms with E-state index >= 15 is 0 Å². The molecule has 0 bridgehead atoms. The smallest absolute Gasteiger partial charge is 0.265 e. The van der Waals surface area contributed by atoms with Crippen LogP contribution in [0.3, 0.4) is 0 Å². The second-order valence-electron chi connectivity index (χ2n) is 3.30. The highest BCUT2D eigenvalue weighted by molar-refractivity contribution is 7.86. The summed E-state index contributed by atoms with van der Waals surface area (Å²) in [6.45, 7) is 0. The van der Waals surface area contributed by atoms with Gasteiger partial charge in [-0.1, -0.05) is 30.3 Å². The van der Waals surface area contributed by atoms with E-state index in [-0.39, 0.29) is 6.42 Å². The Morgan fingerprint density at radius 1 is 1.38 bits per heavy atom. The quantitative estimate of drug-likeness (QED) is 0.640. The highest BCUT2D eigenvalue weighted by Crippen LogP contribution is 2.07. The lowest BCUT2D eigenvalue weighted by atomic mass is 10.1. The van der Waals surface area contributed by atoms with Gasteiger partial charge in [0.25, 0.3) is 10.1 Å². The lowest BCUT2D eigenvalue weighted by molar-refractivity contribution is -0.313. The zero-order valence-corrected chi connectivity index (χ0v) is 9.44. The molecule has 88 valence electrons. The zero-order chi connectivity index (χ0) is 12.2. The predicted octanol–water partition coefficient (Wildman–Crippen LogP) is -0.676. The van der Waals surface area contributed by atoms with Crippen molar-refractivity contribution in [2.45, 2.75) is 12.5 Å². The van der Waals surface area contributed by atoms with Crippen LogP contribution in [0.5, 0.6) is 0 Å². The number of carboxylic acid groups (broad SMARTS) is 1. The van der Waals surface area contributed by atoms with E-state index < -0.39 is 22.2 Å². The average molecular weight is 243 g/mol. The molecule has 0 saturated heterocycles. The Bertz CT molecular complexity index is 451. The minimum absolute atomic E-state index is 0.0454. The molecule has 1 unspecified atom stereocenters. The topological polar surface area (TPSA) is 83.5 Å². The molecule has 1 aromatic carbocycles. The molecule has 0 heterocycles. The lowest BCUT2D eigenvalue weighted by Crippen LogP contribution is -2.40. The van der Waals surface area contributed by atoms with Crippen molar-refractivity contribution in [1.29, 1.82) is 0 Å². The standard InChI is InChI=1S/C10H12O5S/c1-16(13,14)15-9(10(11)12)7-8-5-3-2-4-6-8/h2-6,9H,7H2,1H3,(H,11,12)/p-1. The van der Waals surface area contributed by atoms with E-state index in [1.807, 2.05) is 0 Å². The SMILES string of the molecule is CS(=O)(=O)OC(Cc1ccccc1)C(=O)[O-]. The maximum absolute atomic E-state index is 10.8. The number of rotatable bonds is 5. The molecular weight excluding hydrogens is 232 g/mol. The summed E-state index contributed by atoms with van der Waals surface area (Å²) in [7, 11) is -3.81. The summed E-state index contributed by atoms with van der Waals surface area (Å²) in [6.07, 6.45) is -0.734. The van der Waals surface area contributed by atoms with Gasteiger partial charge in [0.05, 0.1) is 12.2 Å². The molecule has 0 fully saturated rings. The van der Waals surface area contributed by atoms with E-state index in [0.717, 1.165) is 6.26 Å². The molecule has 6 heteroatoms. The van der Waals surface area contributed by atoms with Gasteiger partial charge in [-0.2, -0.15) is 8.42 Å². The molecule has 0 aliphatic rings. The third kappa shape index (κ3) is 4.41. The second kappa shape index (κ2) is 5.09. The highest BCUT2D eigenvalue weighted by Gasteiger charge is 2.17. The summed E-state index contributed by atoms with van der Waals surface area (Å²) < 4.78 is 26.1. The van der Waals surface area contributed by atoms with E-state index in [1.54, 1.807) is 30.3 Å². The minimum atomic E-state index is -3.81. The third-order valence-electron chi connectivity index (χ3n) is 1.82. The number of aliphatic carboxylic acids is 1. The zero-order valence-electron chi connectivity index (χ0n) is 8.62. The fraction of sp³-hybridized carbons (Fsp3) is 0.300. The normalized spacial score (nSPS) is 13.3. The van der Waals surface area contributed by atoms with Crippen LogP contribution in [-0.2, 0) is 25.5 Å². The Kier molecular flexibility index (Phi) is 4.03. The molecule has 16 heavy (non-hydrogen) atoms. The first-order valence-corrected chi connectivity index (χ1v) is 6.33. The van der Waals surface area contributed by atoms with Crippen molar-refractivity contribution in [3.63, 3.8) is 0 Å². The monoisotopic (exact) mass is 243 g/mol. The fourth-order valence-electron chi connectivity index (χ4n) is 1.20. The molecule has 0 saturated carbocycles. The van der Waals surface area contributed by atoms with Gasteiger partial charge in [0.1, 0.15) is 6.10 Å². The Balaban J connectivity index is 2.77. The first-order valence-electron chi connectivity index (χ1n) is 4.51. The number of carbonyl (C=O) groups is 1. The summed E-state index contributed by atoms with van der Waals surface area (Å²) in [4.78, 5) is 10.7. The van der Waals surface area contributed by atoms with Gasteiger partial charge in [0, 0.05) is 6.42 Å². The molecular formula is C10H11O5S-. The number of hydrogen-bond acceptors (Lipinski definition) is 5. The Hall–Kier alpha value is -1.40. The molecule has 1 aromatic rings. The highest BCUT2D eigenvalue weighted by atomic mass is 32.2. The van der Waals surface area contributed by atoms with Crippen molar-refractivity contribution in [3.8, 4) is 0 Å². The molecule has 1 rings (SSSR count). The first-order chi connectivity index (χ1) is 7.38. The summed E-state index contributed by atoms with van der Waals surface area (Å²) >= 11 is 0. The van der Waals surface area contributed by atoms with Crippen LogP contribution in [0, 0.1) is 0 Å². The van der Waals surface area contributed by atoms with E-state index in [4.69, 9.17) is 0 Å². The second-order valence-corrected chi connectivity index (χ2v) is 4.90. The largest absolute Gasteiger partial charge is 0.547 e. The van der Waals surface area contributed by atoms with Crippen LogP contribution in [0.2, 0.25) is 0 Å². The molecule has 0 aliphatic heterocycles. The van der Waals surface area contributed by atoms with Crippen LogP contribution >= 0.6 is 0 Å². The van der Waals surface area contributed by atoms with Gasteiger partial charge in [-0.3, -0.25) is 4.18 Å². The van der Waals surface area contributed by atoms with Crippen LogP contribution in [-0.4, -0.2) is 26.7 Å². The van der Waals surface area contributed by atoms with E-state index in [2.05, 4.69) is 4.18 Å². The molecule has 0 spiro atoms. The lowest BCUT2D eigenvalue weighted by Gasteiger charge is -2.16. The van der Waals surface area contributed by atoms with Crippen molar-refractivity contribution < 1.29 is 22.5 Å². The van der Waals surface area contributed by atoms with Gasteiger partial charge in [0.2, 0.25) is 0 Å². The molecule has 5 nitrogen and oxygen atoms in total. The molecule has 0 aromatic heterocycles. The van der Waals surface area contributed by atoms with Crippen molar-refractivity contribution in [2.75, 3.05) is 6.26 Å². The molecule has 0 aliphatic carbocycles. The summed E-state index contributed by atoms with van der Waals surface area (Å²) in [5, 5.41) is 10.7. The van der Waals surface area contributed by atoms with Gasteiger partial charge in [0.15, 0.2) is 0 Å². The van der Waals surface area contributed by atoms with E-state index in [1.165, 1.54) is 0 Å². The summed E-state index contributed by atoms with van der Waals surface area (Å²) in [6, 6.07) is 8.59. The predicted molar refractivity (Wildman–Crippen MR) is 54.9 cm³/mol. The number of benzene rings is 1. The van der Waals surface area contributed by atoms with Crippen molar-refractivity contribution in [2.24, 2.45) is 0 Å². The fourth-order valence-corrected chi connectivity index (χ4v) is 1.76. The van der Waals surface area contributed by atoms with Crippen molar-refractivity contribution in [1.82, 2.24) is 0 Å². The molecule has 0 N–H and O–H groups in total. The van der Waals surface area contributed by atoms with Crippen molar-refractivity contribution in [3.05, 3.63) is 35.9 Å². The number of carboxylic acids is 1. The summed E-state index contributed by atoms with van der Waals surface area (Å²) in [5.41, 5.74) is 0.667.